The van der Waals surface area contributed by atoms with Gasteiger partial charge in [-0.05, 0) is 28.8 Å². The van der Waals surface area contributed by atoms with Crippen molar-refractivity contribution in [3.63, 3.8) is 0 Å². The van der Waals surface area contributed by atoms with Crippen LogP contribution in [-0.4, -0.2) is 0 Å². The highest BCUT2D eigenvalue weighted by Gasteiger charge is 1.94. The second-order valence-electron chi connectivity index (χ2n) is 3.68. The van der Waals surface area contributed by atoms with Gasteiger partial charge in [-0.25, -0.2) is 0 Å². The van der Waals surface area contributed by atoms with Gasteiger partial charge >= 0.3 is 0 Å². The minimum absolute atomic E-state index is 1.03. The van der Waals surface area contributed by atoms with Gasteiger partial charge in [0.2, 0.25) is 0 Å². The second-order valence-corrected chi connectivity index (χ2v) is 3.68. The topological polar surface area (TPSA) is 0 Å². The minimum Gasteiger partial charge on any atom is -0.0769 e. The van der Waals surface area contributed by atoms with E-state index in [2.05, 4.69) is 61.5 Å². The van der Waals surface area contributed by atoms with Crippen LogP contribution in [0.5, 0.6) is 0 Å². The van der Waals surface area contributed by atoms with Crippen molar-refractivity contribution in [3.05, 3.63) is 66.3 Å². The molecule has 0 atom stereocenters. The molecule has 0 bridgehead atoms. The van der Waals surface area contributed by atoms with Gasteiger partial charge in [0.15, 0.2) is 0 Å². The van der Waals surface area contributed by atoms with Crippen molar-refractivity contribution in [2.75, 3.05) is 0 Å². The first-order valence-corrected chi connectivity index (χ1v) is 5.64. The van der Waals surface area contributed by atoms with Crippen LogP contribution in [0.2, 0.25) is 0 Å². The molecule has 79 valence electrons. The number of fused-ring (bicyclic) bond motifs is 1. The van der Waals surface area contributed by atoms with E-state index in [0.717, 1.165) is 6.42 Å². The molecule has 0 saturated carbocycles. The summed E-state index contributed by atoms with van der Waals surface area (Å²) < 4.78 is 0. The lowest BCUT2D eigenvalue weighted by atomic mass is 10.0. The first-order valence-electron chi connectivity index (χ1n) is 5.64. The summed E-state index contributed by atoms with van der Waals surface area (Å²) in [7, 11) is 0. The quantitative estimate of drug-likeness (QED) is 0.644. The predicted molar refractivity (Wildman–Crippen MR) is 71.1 cm³/mol. The van der Waals surface area contributed by atoms with Gasteiger partial charge < -0.3 is 0 Å². The molecule has 1 radical (unpaired) electrons. The van der Waals surface area contributed by atoms with Gasteiger partial charge in [-0.1, -0.05) is 67.6 Å². The van der Waals surface area contributed by atoms with E-state index < -0.39 is 0 Å². The van der Waals surface area contributed by atoms with E-state index in [1.54, 1.807) is 0 Å². The average Bonchev–Trinajstić information content (AvgIpc) is 2.35. The highest BCUT2D eigenvalue weighted by Crippen LogP contribution is 2.19. The van der Waals surface area contributed by atoms with Gasteiger partial charge in [-0.15, -0.1) is 0 Å². The summed E-state index contributed by atoms with van der Waals surface area (Å²) in [5.74, 6) is 0. The van der Waals surface area contributed by atoms with E-state index >= 15 is 0 Å². The van der Waals surface area contributed by atoms with E-state index in [-0.39, 0.29) is 0 Å². The van der Waals surface area contributed by atoms with Gasteiger partial charge in [0, 0.05) is 0 Å². The summed E-state index contributed by atoms with van der Waals surface area (Å²) in [5, 5.41) is 2.57. The molecule has 0 aliphatic rings. The molecule has 0 heteroatoms. The molecular weight excluding hydrogens is 192 g/mol. The van der Waals surface area contributed by atoms with E-state index in [0.29, 0.717) is 0 Å². The Kier molecular flexibility index (Phi) is 3.55. The van der Waals surface area contributed by atoms with Crippen molar-refractivity contribution in [2.45, 2.75) is 13.3 Å². The number of allylic oxidation sites excluding steroid dienone is 3. The van der Waals surface area contributed by atoms with Crippen molar-refractivity contribution in [1.82, 2.24) is 0 Å². The van der Waals surface area contributed by atoms with Crippen LogP contribution in [0, 0.1) is 6.08 Å². The lowest BCUT2D eigenvalue weighted by Crippen LogP contribution is -1.76. The third kappa shape index (κ3) is 2.40. The molecule has 0 aromatic heterocycles. The third-order valence-corrected chi connectivity index (χ3v) is 2.50. The number of rotatable bonds is 3. The lowest BCUT2D eigenvalue weighted by Gasteiger charge is -2.00. The smallest absolute Gasteiger partial charge is 0.0111 e. The van der Waals surface area contributed by atoms with Gasteiger partial charge in [0.1, 0.15) is 0 Å². The molecule has 0 saturated heterocycles. The van der Waals surface area contributed by atoms with Crippen LogP contribution in [-0.2, 0) is 0 Å². The first-order chi connectivity index (χ1) is 7.92. The molecule has 16 heavy (non-hydrogen) atoms. The van der Waals surface area contributed by atoms with Gasteiger partial charge in [-0.2, -0.15) is 0 Å². The molecule has 2 aromatic carbocycles. The zero-order valence-corrected chi connectivity index (χ0v) is 9.48. The van der Waals surface area contributed by atoms with E-state index in [1.807, 2.05) is 12.2 Å². The highest BCUT2D eigenvalue weighted by atomic mass is 14.0. The van der Waals surface area contributed by atoms with Crippen molar-refractivity contribution in [1.29, 1.82) is 0 Å². The zero-order valence-electron chi connectivity index (χ0n) is 9.48. The largest absolute Gasteiger partial charge is 0.0769 e. The molecule has 0 aliphatic carbocycles. The van der Waals surface area contributed by atoms with Crippen LogP contribution in [0.3, 0.4) is 0 Å². The maximum absolute atomic E-state index is 3.14. The number of hydrogen-bond donors (Lipinski definition) is 0. The van der Waals surface area contributed by atoms with Crippen LogP contribution in [0.1, 0.15) is 18.9 Å². The molecule has 0 unspecified atom stereocenters. The molecule has 0 spiro atoms. The Labute approximate surface area is 96.9 Å². The molecule has 2 aromatic rings. The van der Waals surface area contributed by atoms with Crippen LogP contribution >= 0.6 is 0 Å². The van der Waals surface area contributed by atoms with Crippen LogP contribution in [0.4, 0.5) is 0 Å². The fourth-order valence-electron chi connectivity index (χ4n) is 1.72. The molecule has 0 nitrogen and oxygen atoms in total. The van der Waals surface area contributed by atoms with Crippen LogP contribution < -0.4 is 0 Å². The maximum Gasteiger partial charge on any atom is -0.0111 e. The summed E-state index contributed by atoms with van der Waals surface area (Å²) in [6.45, 7) is 2.11. The van der Waals surface area contributed by atoms with Crippen LogP contribution in [0.15, 0.2) is 54.6 Å². The monoisotopic (exact) mass is 207 g/mol. The Balaban J connectivity index is 2.37. The van der Waals surface area contributed by atoms with Crippen molar-refractivity contribution in [2.24, 2.45) is 0 Å². The standard InChI is InChI=1S/C16H15/c1-2-3-4-5-9-14-11-8-12-15-10-6-7-13-16(14)15/h3,5-13H,2H2,1H3/b4-3?,9-5+. The Morgan fingerprint density at radius 2 is 1.88 bits per heavy atom. The summed E-state index contributed by atoms with van der Waals surface area (Å²) in [6.07, 6.45) is 10.3. The Bertz CT molecular complexity index is 513. The third-order valence-electron chi connectivity index (χ3n) is 2.50. The maximum atomic E-state index is 3.14. The summed E-state index contributed by atoms with van der Waals surface area (Å²) in [5.41, 5.74) is 1.25. The highest BCUT2D eigenvalue weighted by molar-refractivity contribution is 5.90. The summed E-state index contributed by atoms with van der Waals surface area (Å²) in [6, 6.07) is 14.8. The molecule has 0 aliphatic heterocycles. The number of benzene rings is 2. The van der Waals surface area contributed by atoms with Crippen molar-refractivity contribution >= 4 is 16.8 Å². The lowest BCUT2D eigenvalue weighted by molar-refractivity contribution is 1.22. The first kappa shape index (κ1) is 10.7. The molecule has 2 rings (SSSR count). The van der Waals surface area contributed by atoms with E-state index in [4.69, 9.17) is 0 Å². The average molecular weight is 207 g/mol. The molecule has 0 heterocycles. The van der Waals surface area contributed by atoms with E-state index in [1.165, 1.54) is 16.3 Å². The molecule has 0 fully saturated rings. The SMILES string of the molecule is CC/C=[C]/C=C/c1cccc2ccccc12. The van der Waals surface area contributed by atoms with Gasteiger partial charge in [0.25, 0.3) is 0 Å². The zero-order chi connectivity index (χ0) is 11.2. The Morgan fingerprint density at radius 1 is 1.06 bits per heavy atom. The molecule has 0 amide bonds. The van der Waals surface area contributed by atoms with Crippen molar-refractivity contribution < 1.29 is 0 Å². The van der Waals surface area contributed by atoms with Gasteiger partial charge in [-0.3, -0.25) is 0 Å². The second kappa shape index (κ2) is 5.32. The predicted octanol–water partition coefficient (Wildman–Crippen LogP) is 4.62. The summed E-state index contributed by atoms with van der Waals surface area (Å²) >= 11 is 0. The molecular formula is C16H15. The fourth-order valence-corrected chi connectivity index (χ4v) is 1.72. The van der Waals surface area contributed by atoms with E-state index in [9.17, 15) is 0 Å². The van der Waals surface area contributed by atoms with Crippen molar-refractivity contribution in [3.8, 4) is 0 Å². The van der Waals surface area contributed by atoms with Crippen LogP contribution in [0.25, 0.3) is 16.8 Å². The molecule has 0 N–H and O–H groups in total. The van der Waals surface area contributed by atoms with Gasteiger partial charge in [0.05, 0.1) is 0 Å². The summed E-state index contributed by atoms with van der Waals surface area (Å²) in [4.78, 5) is 0. The Morgan fingerprint density at radius 3 is 2.75 bits per heavy atom. The normalized spacial score (nSPS) is 11.8. The minimum atomic E-state index is 1.03. The fraction of sp³-hybridized carbons (Fsp3) is 0.125. The number of hydrogen-bond acceptors (Lipinski definition) is 0. The Hall–Kier alpha value is -1.82.